The summed E-state index contributed by atoms with van der Waals surface area (Å²) in [5, 5.41) is 5.77. The molecule has 3 heteroatoms. The first-order valence-corrected chi connectivity index (χ1v) is 7.66. The number of thiophene rings is 1. The molecule has 1 saturated heterocycles. The van der Waals surface area contributed by atoms with Crippen molar-refractivity contribution >= 4 is 11.3 Å². The molecule has 94 valence electrons. The predicted molar refractivity (Wildman–Crippen MR) is 73.3 cm³/mol. The van der Waals surface area contributed by atoms with Gasteiger partial charge >= 0.3 is 0 Å². The monoisotopic (exact) mass is 250 g/mol. The van der Waals surface area contributed by atoms with Gasteiger partial charge in [-0.3, -0.25) is 4.90 Å². The van der Waals surface area contributed by atoms with E-state index >= 15 is 0 Å². The van der Waals surface area contributed by atoms with Crippen LogP contribution < -0.4 is 5.32 Å². The average Bonchev–Trinajstić information content (AvgIpc) is 2.97. The topological polar surface area (TPSA) is 15.3 Å². The molecule has 1 N–H and O–H groups in total. The fraction of sp³-hybridized carbons (Fsp3) is 0.714. The zero-order valence-electron chi connectivity index (χ0n) is 10.6. The Labute approximate surface area is 108 Å². The van der Waals surface area contributed by atoms with Gasteiger partial charge in [-0.05, 0) is 56.3 Å². The van der Waals surface area contributed by atoms with Crippen molar-refractivity contribution < 1.29 is 0 Å². The van der Waals surface area contributed by atoms with Crippen LogP contribution in [-0.2, 0) is 6.54 Å². The van der Waals surface area contributed by atoms with Gasteiger partial charge in [-0.2, -0.15) is 0 Å². The maximum atomic E-state index is 3.58. The van der Waals surface area contributed by atoms with E-state index < -0.39 is 0 Å². The summed E-state index contributed by atoms with van der Waals surface area (Å²) < 4.78 is 0. The Morgan fingerprint density at radius 2 is 2.35 bits per heavy atom. The number of rotatable bonds is 3. The van der Waals surface area contributed by atoms with Gasteiger partial charge in [-0.25, -0.2) is 0 Å². The van der Waals surface area contributed by atoms with E-state index in [-0.39, 0.29) is 0 Å². The quantitative estimate of drug-likeness (QED) is 0.887. The number of hydrogen-bond donors (Lipinski definition) is 1. The Morgan fingerprint density at radius 1 is 1.41 bits per heavy atom. The van der Waals surface area contributed by atoms with E-state index in [0.29, 0.717) is 0 Å². The van der Waals surface area contributed by atoms with E-state index in [1.165, 1.54) is 37.2 Å². The summed E-state index contributed by atoms with van der Waals surface area (Å²) >= 11 is 1.88. The van der Waals surface area contributed by atoms with Crippen molar-refractivity contribution in [1.82, 2.24) is 10.2 Å². The van der Waals surface area contributed by atoms with Crippen LogP contribution in [0.15, 0.2) is 17.5 Å². The van der Waals surface area contributed by atoms with E-state index in [4.69, 9.17) is 0 Å². The minimum atomic E-state index is 0.797. The van der Waals surface area contributed by atoms with Gasteiger partial charge in [0.25, 0.3) is 0 Å². The van der Waals surface area contributed by atoms with Crippen molar-refractivity contribution in [1.29, 1.82) is 0 Å². The van der Waals surface area contributed by atoms with Crippen LogP contribution in [0.1, 0.15) is 24.1 Å². The van der Waals surface area contributed by atoms with Crippen LogP contribution in [0.4, 0.5) is 0 Å². The zero-order valence-corrected chi connectivity index (χ0v) is 11.4. The Hall–Kier alpha value is -0.380. The molecule has 2 nitrogen and oxygen atoms in total. The molecule has 0 aromatic carbocycles. The van der Waals surface area contributed by atoms with Gasteiger partial charge in [0.15, 0.2) is 0 Å². The standard InChI is InChI=1S/C14H22N2S/c1-16(10-12-5-3-7-17-12)14-6-2-4-11-8-15-9-13(11)14/h3,5,7,11,13-15H,2,4,6,8-10H2,1H3. The maximum absolute atomic E-state index is 3.58. The van der Waals surface area contributed by atoms with Gasteiger partial charge < -0.3 is 5.32 Å². The van der Waals surface area contributed by atoms with E-state index in [2.05, 4.69) is 34.8 Å². The fourth-order valence-corrected chi connectivity index (χ4v) is 4.40. The Kier molecular flexibility index (Phi) is 3.50. The summed E-state index contributed by atoms with van der Waals surface area (Å²) in [4.78, 5) is 4.09. The lowest BCUT2D eigenvalue weighted by molar-refractivity contribution is 0.107. The highest BCUT2D eigenvalue weighted by Gasteiger charge is 2.38. The highest BCUT2D eigenvalue weighted by molar-refractivity contribution is 7.09. The Balaban J connectivity index is 1.66. The lowest BCUT2D eigenvalue weighted by atomic mass is 9.77. The maximum Gasteiger partial charge on any atom is 0.0327 e. The average molecular weight is 250 g/mol. The van der Waals surface area contributed by atoms with Crippen molar-refractivity contribution in [2.24, 2.45) is 11.8 Å². The van der Waals surface area contributed by atoms with Crippen molar-refractivity contribution in [2.45, 2.75) is 31.8 Å². The molecule has 2 aliphatic rings. The number of fused-ring (bicyclic) bond motifs is 1. The third-order valence-electron chi connectivity index (χ3n) is 4.51. The number of hydrogen-bond acceptors (Lipinski definition) is 3. The molecule has 1 aliphatic heterocycles. The van der Waals surface area contributed by atoms with E-state index in [0.717, 1.165) is 24.4 Å². The van der Waals surface area contributed by atoms with Gasteiger partial charge in [0.2, 0.25) is 0 Å². The molecule has 0 bridgehead atoms. The van der Waals surface area contributed by atoms with Crippen molar-refractivity contribution in [3.05, 3.63) is 22.4 Å². The van der Waals surface area contributed by atoms with Gasteiger partial charge in [-0.15, -0.1) is 11.3 Å². The zero-order chi connectivity index (χ0) is 11.7. The van der Waals surface area contributed by atoms with Crippen molar-refractivity contribution in [3.8, 4) is 0 Å². The molecule has 0 radical (unpaired) electrons. The molecule has 3 rings (SSSR count). The third kappa shape index (κ3) is 2.42. The first-order valence-electron chi connectivity index (χ1n) is 6.78. The van der Waals surface area contributed by atoms with Crippen LogP contribution in [0.2, 0.25) is 0 Å². The second-order valence-corrected chi connectivity index (χ2v) is 6.61. The first-order chi connectivity index (χ1) is 8.34. The fourth-order valence-electron chi connectivity index (χ4n) is 3.64. The van der Waals surface area contributed by atoms with Crippen molar-refractivity contribution in [2.75, 3.05) is 20.1 Å². The minimum absolute atomic E-state index is 0.797. The summed E-state index contributed by atoms with van der Waals surface area (Å²) in [7, 11) is 2.31. The third-order valence-corrected chi connectivity index (χ3v) is 5.37. The highest BCUT2D eigenvalue weighted by atomic mass is 32.1. The molecule has 3 atom stereocenters. The van der Waals surface area contributed by atoms with E-state index in [1.54, 1.807) is 0 Å². The van der Waals surface area contributed by atoms with Crippen LogP contribution >= 0.6 is 11.3 Å². The molecule has 1 aromatic heterocycles. The SMILES string of the molecule is CN(Cc1cccs1)C1CCCC2CNCC21. The largest absolute Gasteiger partial charge is 0.316 e. The second-order valence-electron chi connectivity index (χ2n) is 5.57. The first kappa shape index (κ1) is 11.7. The summed E-state index contributed by atoms with van der Waals surface area (Å²) in [6, 6.07) is 5.22. The highest BCUT2D eigenvalue weighted by Crippen LogP contribution is 2.35. The van der Waals surface area contributed by atoms with E-state index in [1.807, 2.05) is 11.3 Å². The molecular weight excluding hydrogens is 228 g/mol. The molecule has 3 unspecified atom stereocenters. The van der Waals surface area contributed by atoms with Gasteiger partial charge in [0.1, 0.15) is 0 Å². The summed E-state index contributed by atoms with van der Waals surface area (Å²) in [6.07, 6.45) is 4.26. The minimum Gasteiger partial charge on any atom is -0.316 e. The normalized spacial score (nSPS) is 32.9. The molecule has 2 fully saturated rings. The Bertz CT molecular complexity index is 349. The van der Waals surface area contributed by atoms with Gasteiger partial charge in [0, 0.05) is 17.5 Å². The lowest BCUT2D eigenvalue weighted by Gasteiger charge is -2.39. The lowest BCUT2D eigenvalue weighted by Crippen LogP contribution is -2.43. The smallest absolute Gasteiger partial charge is 0.0327 e. The second kappa shape index (κ2) is 5.09. The summed E-state index contributed by atoms with van der Waals surface area (Å²) in [5.41, 5.74) is 0. The predicted octanol–water partition coefficient (Wildman–Crippen LogP) is 2.57. The van der Waals surface area contributed by atoms with Crippen LogP contribution in [0, 0.1) is 11.8 Å². The van der Waals surface area contributed by atoms with Gasteiger partial charge in [-0.1, -0.05) is 12.5 Å². The molecule has 0 amide bonds. The van der Waals surface area contributed by atoms with E-state index in [9.17, 15) is 0 Å². The van der Waals surface area contributed by atoms with Crippen LogP contribution in [0.25, 0.3) is 0 Å². The summed E-state index contributed by atoms with van der Waals surface area (Å²) in [6.45, 7) is 3.63. The van der Waals surface area contributed by atoms with Gasteiger partial charge in [0.05, 0.1) is 0 Å². The summed E-state index contributed by atoms with van der Waals surface area (Å²) in [5.74, 6) is 1.84. The molecule has 0 spiro atoms. The van der Waals surface area contributed by atoms with Crippen LogP contribution in [0.3, 0.4) is 0 Å². The molecule has 1 aliphatic carbocycles. The molecule has 1 saturated carbocycles. The molecule has 1 aromatic rings. The number of nitrogens with zero attached hydrogens (tertiary/aromatic N) is 1. The molecule has 2 heterocycles. The molecule has 17 heavy (non-hydrogen) atoms. The number of nitrogens with one attached hydrogen (secondary N) is 1. The van der Waals surface area contributed by atoms with Crippen LogP contribution in [0.5, 0.6) is 0 Å². The molecular formula is C14H22N2S. The van der Waals surface area contributed by atoms with Crippen molar-refractivity contribution in [3.63, 3.8) is 0 Å². The Morgan fingerprint density at radius 3 is 3.18 bits per heavy atom. The van der Waals surface area contributed by atoms with Crippen LogP contribution in [-0.4, -0.2) is 31.1 Å².